The molecule has 0 aliphatic rings. The van der Waals surface area contributed by atoms with Crippen LogP contribution in [0.25, 0.3) is 0 Å². The number of anilines is 1. The summed E-state index contributed by atoms with van der Waals surface area (Å²) in [6, 6.07) is 27.4. The van der Waals surface area contributed by atoms with E-state index >= 15 is 0 Å². The van der Waals surface area contributed by atoms with Crippen molar-refractivity contribution in [2.24, 2.45) is 10.2 Å². The summed E-state index contributed by atoms with van der Waals surface area (Å²) in [5.41, 5.74) is 4.50. The average molecular weight is 341 g/mol. The predicted octanol–water partition coefficient (Wildman–Crippen LogP) is 4.52. The van der Waals surface area contributed by atoms with Crippen LogP contribution in [0.15, 0.2) is 95.1 Å². The van der Waals surface area contributed by atoms with E-state index in [-0.39, 0.29) is 5.91 Å². The number of nitrogens with zero attached hydrogens (tertiary/aromatic N) is 2. The van der Waals surface area contributed by atoms with E-state index in [1.807, 2.05) is 84.9 Å². The van der Waals surface area contributed by atoms with E-state index < -0.39 is 0 Å². The second kappa shape index (κ2) is 8.53. The topological polar surface area (TPSA) is 53.8 Å². The molecule has 0 atom stereocenters. The molecule has 0 fully saturated rings. The first-order valence-electron chi connectivity index (χ1n) is 8.32. The third-order valence-corrected chi connectivity index (χ3v) is 3.69. The zero-order chi connectivity index (χ0) is 18.2. The summed E-state index contributed by atoms with van der Waals surface area (Å²) in [6.07, 6.45) is 1.70. The fourth-order valence-electron chi connectivity index (χ4n) is 2.48. The maximum Gasteiger partial charge on any atom is 0.221 e. The van der Waals surface area contributed by atoms with Crippen LogP contribution in [0.1, 0.15) is 23.6 Å². The molecule has 0 unspecified atom stereocenters. The van der Waals surface area contributed by atoms with Crippen molar-refractivity contribution in [2.75, 3.05) is 5.32 Å². The van der Waals surface area contributed by atoms with E-state index in [0.29, 0.717) is 0 Å². The number of carbonyl (C=O) groups is 1. The summed E-state index contributed by atoms with van der Waals surface area (Å²) in [7, 11) is 0. The van der Waals surface area contributed by atoms with Gasteiger partial charge in [-0.2, -0.15) is 5.10 Å². The lowest BCUT2D eigenvalue weighted by Gasteiger charge is -2.05. The number of rotatable bonds is 5. The summed E-state index contributed by atoms with van der Waals surface area (Å²) < 4.78 is 0. The monoisotopic (exact) mass is 341 g/mol. The number of amides is 1. The molecule has 128 valence electrons. The lowest BCUT2D eigenvalue weighted by molar-refractivity contribution is -0.114. The van der Waals surface area contributed by atoms with Gasteiger partial charge in [-0.3, -0.25) is 4.79 Å². The minimum absolute atomic E-state index is 0.0913. The number of hydrogen-bond donors (Lipinski definition) is 1. The maximum atomic E-state index is 11.1. The van der Waals surface area contributed by atoms with Crippen LogP contribution in [0, 0.1) is 0 Å². The van der Waals surface area contributed by atoms with Gasteiger partial charge in [0.05, 0.1) is 6.21 Å². The summed E-state index contributed by atoms with van der Waals surface area (Å²) in [6.45, 7) is 1.48. The molecule has 0 aromatic heterocycles. The molecule has 1 N–H and O–H groups in total. The van der Waals surface area contributed by atoms with Crippen LogP contribution in [-0.4, -0.2) is 17.8 Å². The van der Waals surface area contributed by atoms with Gasteiger partial charge >= 0.3 is 0 Å². The van der Waals surface area contributed by atoms with Crippen molar-refractivity contribution in [2.45, 2.75) is 6.92 Å². The molecule has 0 bridgehead atoms. The molecular formula is C22H19N3O. The summed E-state index contributed by atoms with van der Waals surface area (Å²) in [4.78, 5) is 11.1. The van der Waals surface area contributed by atoms with Gasteiger partial charge < -0.3 is 5.32 Å². The standard InChI is InChI=1S/C22H19N3O/c1-17(26)24-21-14-12-18(13-15-21)16-23-25-22(19-8-4-2-5-9-19)20-10-6-3-7-11-20/h2-16H,1H3,(H,24,26)/b23-16-. The number of carbonyl (C=O) groups excluding carboxylic acids is 1. The van der Waals surface area contributed by atoms with Crippen molar-refractivity contribution in [1.29, 1.82) is 0 Å². The zero-order valence-corrected chi connectivity index (χ0v) is 14.5. The van der Waals surface area contributed by atoms with Gasteiger partial charge in [0.15, 0.2) is 0 Å². The first-order chi connectivity index (χ1) is 12.7. The van der Waals surface area contributed by atoms with Crippen LogP contribution < -0.4 is 5.32 Å². The summed E-state index contributed by atoms with van der Waals surface area (Å²) >= 11 is 0. The fourth-order valence-corrected chi connectivity index (χ4v) is 2.48. The number of hydrogen-bond acceptors (Lipinski definition) is 3. The largest absolute Gasteiger partial charge is 0.326 e. The van der Waals surface area contributed by atoms with Gasteiger partial charge in [-0.25, -0.2) is 0 Å². The Bertz CT molecular complexity index is 873. The van der Waals surface area contributed by atoms with E-state index in [1.165, 1.54) is 6.92 Å². The molecular weight excluding hydrogens is 322 g/mol. The van der Waals surface area contributed by atoms with Crippen LogP contribution in [0.5, 0.6) is 0 Å². The average Bonchev–Trinajstić information content (AvgIpc) is 2.67. The third kappa shape index (κ3) is 4.74. The Morgan fingerprint density at radius 3 is 1.85 bits per heavy atom. The van der Waals surface area contributed by atoms with E-state index in [0.717, 1.165) is 28.1 Å². The summed E-state index contributed by atoms with van der Waals surface area (Å²) in [5, 5.41) is 11.4. The lowest BCUT2D eigenvalue weighted by atomic mass is 10.0. The molecule has 0 heterocycles. The fraction of sp³-hybridized carbons (Fsp3) is 0.0455. The van der Waals surface area contributed by atoms with Crippen molar-refractivity contribution < 1.29 is 4.79 Å². The van der Waals surface area contributed by atoms with Crippen LogP contribution >= 0.6 is 0 Å². The van der Waals surface area contributed by atoms with E-state index in [9.17, 15) is 4.79 Å². The number of nitrogens with one attached hydrogen (secondary N) is 1. The Labute approximate surface area is 152 Å². The SMILES string of the molecule is CC(=O)Nc1ccc(/C=N\N=C(c2ccccc2)c2ccccc2)cc1. The predicted molar refractivity (Wildman–Crippen MR) is 107 cm³/mol. The van der Waals surface area contributed by atoms with Crippen LogP contribution in [0.2, 0.25) is 0 Å². The van der Waals surface area contributed by atoms with Gasteiger partial charge in [-0.05, 0) is 17.7 Å². The van der Waals surface area contributed by atoms with Gasteiger partial charge in [0.25, 0.3) is 0 Å². The van der Waals surface area contributed by atoms with Crippen molar-refractivity contribution in [3.05, 3.63) is 102 Å². The van der Waals surface area contributed by atoms with E-state index in [4.69, 9.17) is 0 Å². The lowest BCUT2D eigenvalue weighted by Crippen LogP contribution is -2.05. The Morgan fingerprint density at radius 1 is 0.808 bits per heavy atom. The molecule has 0 aliphatic heterocycles. The Kier molecular flexibility index (Phi) is 5.68. The van der Waals surface area contributed by atoms with Gasteiger partial charge in [-0.1, -0.05) is 72.8 Å². The highest BCUT2D eigenvalue weighted by Gasteiger charge is 2.05. The zero-order valence-electron chi connectivity index (χ0n) is 14.5. The molecule has 3 aromatic rings. The molecule has 4 nitrogen and oxygen atoms in total. The molecule has 4 heteroatoms. The first-order valence-corrected chi connectivity index (χ1v) is 8.32. The number of benzene rings is 3. The summed E-state index contributed by atoms with van der Waals surface area (Å²) in [5.74, 6) is -0.0913. The van der Waals surface area contributed by atoms with Crippen molar-refractivity contribution in [3.63, 3.8) is 0 Å². The molecule has 0 spiro atoms. The molecule has 26 heavy (non-hydrogen) atoms. The highest BCUT2D eigenvalue weighted by Crippen LogP contribution is 2.12. The van der Waals surface area contributed by atoms with E-state index in [2.05, 4.69) is 15.5 Å². The second-order valence-corrected chi connectivity index (χ2v) is 5.73. The highest BCUT2D eigenvalue weighted by atomic mass is 16.1. The van der Waals surface area contributed by atoms with Gasteiger partial charge in [0.2, 0.25) is 5.91 Å². The van der Waals surface area contributed by atoms with Crippen molar-refractivity contribution in [1.82, 2.24) is 0 Å². The Hall–Kier alpha value is -3.53. The molecule has 3 aromatic carbocycles. The molecule has 0 saturated heterocycles. The molecule has 1 amide bonds. The van der Waals surface area contributed by atoms with Crippen LogP contribution in [0.3, 0.4) is 0 Å². The van der Waals surface area contributed by atoms with Gasteiger partial charge in [0, 0.05) is 23.7 Å². The quantitative estimate of drug-likeness (QED) is 0.538. The normalized spacial score (nSPS) is 10.5. The van der Waals surface area contributed by atoms with Crippen molar-refractivity contribution >= 4 is 23.5 Å². The Morgan fingerprint density at radius 2 is 1.35 bits per heavy atom. The molecule has 3 rings (SSSR count). The van der Waals surface area contributed by atoms with Crippen LogP contribution in [0.4, 0.5) is 5.69 Å². The molecule has 0 saturated carbocycles. The van der Waals surface area contributed by atoms with Gasteiger partial charge in [-0.15, -0.1) is 5.10 Å². The first kappa shape index (κ1) is 17.3. The third-order valence-electron chi connectivity index (χ3n) is 3.69. The minimum atomic E-state index is -0.0913. The Balaban J connectivity index is 1.84. The minimum Gasteiger partial charge on any atom is -0.326 e. The maximum absolute atomic E-state index is 11.1. The van der Waals surface area contributed by atoms with Crippen LogP contribution in [-0.2, 0) is 4.79 Å². The highest BCUT2D eigenvalue weighted by molar-refractivity contribution is 6.12. The van der Waals surface area contributed by atoms with Crippen molar-refractivity contribution in [3.8, 4) is 0 Å². The van der Waals surface area contributed by atoms with Gasteiger partial charge in [0.1, 0.15) is 5.71 Å². The smallest absolute Gasteiger partial charge is 0.221 e. The second-order valence-electron chi connectivity index (χ2n) is 5.73. The molecule has 0 radical (unpaired) electrons. The molecule has 0 aliphatic carbocycles. The van der Waals surface area contributed by atoms with E-state index in [1.54, 1.807) is 6.21 Å².